The molecule has 8 heteroatoms. The fourth-order valence-electron chi connectivity index (χ4n) is 5.29. The zero-order valence-electron chi connectivity index (χ0n) is 23.9. The molecular weight excluding hydrogens is 500 g/mol. The summed E-state index contributed by atoms with van der Waals surface area (Å²) in [5.74, 6) is -0.176. The van der Waals surface area contributed by atoms with Crippen molar-refractivity contribution in [3.8, 4) is 22.9 Å². The zero-order valence-corrected chi connectivity index (χ0v) is 23.9. The van der Waals surface area contributed by atoms with Crippen LogP contribution in [0, 0.1) is 17.2 Å². The van der Waals surface area contributed by atoms with Crippen LogP contribution in [0.25, 0.3) is 27.8 Å². The molecule has 1 saturated heterocycles. The Morgan fingerprint density at radius 2 is 1.82 bits per heavy atom. The molecule has 5 rings (SSSR count). The number of hydrogen-bond acceptors (Lipinski definition) is 7. The van der Waals surface area contributed by atoms with Gasteiger partial charge in [-0.25, -0.2) is 14.5 Å². The lowest BCUT2D eigenvalue weighted by Gasteiger charge is -2.31. The van der Waals surface area contributed by atoms with Crippen molar-refractivity contribution in [1.29, 1.82) is 5.26 Å². The van der Waals surface area contributed by atoms with E-state index in [0.29, 0.717) is 5.65 Å². The smallest absolute Gasteiger partial charge is 0.357 e. The Hall–Kier alpha value is -4.38. The van der Waals surface area contributed by atoms with E-state index < -0.39 is 5.97 Å². The van der Waals surface area contributed by atoms with E-state index in [4.69, 9.17) is 14.8 Å². The molecule has 0 aliphatic carbocycles. The van der Waals surface area contributed by atoms with Crippen molar-refractivity contribution in [2.24, 2.45) is 5.92 Å². The number of pyridine rings is 1. The van der Waals surface area contributed by atoms with Crippen molar-refractivity contribution in [2.75, 3.05) is 43.6 Å². The number of benzene rings is 2. The zero-order chi connectivity index (χ0) is 28.4. The van der Waals surface area contributed by atoms with Crippen LogP contribution in [0.5, 0.6) is 0 Å². The SMILES string of the molecule is CCOC(=O)c1cc(-c2ccc(N3CCC(C#N)CC3)cc2)c2c(C(C)C)nn(-c3cccc(N(C)C)c3)c2n1. The molecule has 0 radical (unpaired) electrons. The average Bonchev–Trinajstić information content (AvgIpc) is 3.37. The van der Waals surface area contributed by atoms with Gasteiger partial charge in [-0.3, -0.25) is 0 Å². The number of ether oxygens (including phenoxy) is 1. The monoisotopic (exact) mass is 536 g/mol. The van der Waals surface area contributed by atoms with Gasteiger partial charge in [0.25, 0.3) is 0 Å². The van der Waals surface area contributed by atoms with Gasteiger partial charge in [-0.1, -0.05) is 32.0 Å². The Labute approximate surface area is 235 Å². The van der Waals surface area contributed by atoms with E-state index >= 15 is 0 Å². The normalized spacial score (nSPS) is 14.0. The third-order valence-electron chi connectivity index (χ3n) is 7.51. The number of hydrogen-bond donors (Lipinski definition) is 0. The predicted molar refractivity (Wildman–Crippen MR) is 159 cm³/mol. The van der Waals surface area contributed by atoms with Crippen LogP contribution in [0.4, 0.5) is 11.4 Å². The molecule has 0 saturated carbocycles. The van der Waals surface area contributed by atoms with E-state index in [-0.39, 0.29) is 24.1 Å². The largest absolute Gasteiger partial charge is 0.461 e. The fourth-order valence-corrected chi connectivity index (χ4v) is 5.29. The first-order chi connectivity index (χ1) is 19.3. The molecule has 1 aliphatic heterocycles. The van der Waals surface area contributed by atoms with E-state index in [2.05, 4.69) is 55.1 Å². The van der Waals surface area contributed by atoms with Crippen molar-refractivity contribution >= 4 is 28.4 Å². The van der Waals surface area contributed by atoms with E-state index in [1.54, 1.807) is 6.92 Å². The number of carbonyl (C=O) groups excluding carboxylic acids is 1. The van der Waals surface area contributed by atoms with Crippen LogP contribution in [0.2, 0.25) is 0 Å². The highest BCUT2D eigenvalue weighted by molar-refractivity contribution is 6.00. The molecule has 4 aromatic rings. The summed E-state index contributed by atoms with van der Waals surface area (Å²) in [6, 6.07) is 20.8. The summed E-state index contributed by atoms with van der Waals surface area (Å²) >= 11 is 0. The molecule has 0 amide bonds. The topological polar surface area (TPSA) is 87.3 Å². The number of fused-ring (bicyclic) bond motifs is 1. The molecule has 0 spiro atoms. The Morgan fingerprint density at radius 3 is 2.45 bits per heavy atom. The molecule has 8 nitrogen and oxygen atoms in total. The number of aromatic nitrogens is 3. The third-order valence-corrected chi connectivity index (χ3v) is 7.51. The highest BCUT2D eigenvalue weighted by Crippen LogP contribution is 2.37. The summed E-state index contributed by atoms with van der Waals surface area (Å²) < 4.78 is 7.21. The summed E-state index contributed by atoms with van der Waals surface area (Å²) in [6.07, 6.45) is 1.77. The quantitative estimate of drug-likeness (QED) is 0.260. The predicted octanol–water partition coefficient (Wildman–Crippen LogP) is 6.19. The van der Waals surface area contributed by atoms with E-state index in [9.17, 15) is 10.1 Å². The summed E-state index contributed by atoms with van der Waals surface area (Å²) in [6.45, 7) is 8.06. The average molecular weight is 537 g/mol. The molecule has 0 N–H and O–H groups in total. The van der Waals surface area contributed by atoms with Crippen molar-refractivity contribution in [3.63, 3.8) is 0 Å². The lowest BCUT2D eigenvalue weighted by atomic mass is 9.96. The van der Waals surface area contributed by atoms with Crippen molar-refractivity contribution < 1.29 is 9.53 Å². The van der Waals surface area contributed by atoms with Crippen LogP contribution < -0.4 is 9.80 Å². The summed E-state index contributed by atoms with van der Waals surface area (Å²) in [7, 11) is 4.01. The molecule has 0 unspecified atom stereocenters. The number of carbonyl (C=O) groups is 1. The number of piperidine rings is 1. The van der Waals surface area contributed by atoms with E-state index in [0.717, 1.165) is 65.2 Å². The van der Waals surface area contributed by atoms with Crippen molar-refractivity contribution in [1.82, 2.24) is 14.8 Å². The molecule has 0 bridgehead atoms. The second kappa shape index (κ2) is 11.4. The molecule has 0 atom stereocenters. The van der Waals surface area contributed by atoms with Gasteiger partial charge in [0.2, 0.25) is 0 Å². The van der Waals surface area contributed by atoms with Crippen LogP contribution in [0.3, 0.4) is 0 Å². The second-order valence-corrected chi connectivity index (χ2v) is 10.8. The number of nitriles is 1. The van der Waals surface area contributed by atoms with Crippen molar-refractivity contribution in [2.45, 2.75) is 39.5 Å². The third kappa shape index (κ3) is 5.24. The molecule has 1 fully saturated rings. The van der Waals surface area contributed by atoms with Crippen LogP contribution in [-0.4, -0.2) is 54.5 Å². The van der Waals surface area contributed by atoms with E-state index in [1.165, 1.54) is 0 Å². The van der Waals surface area contributed by atoms with Gasteiger partial charge >= 0.3 is 5.97 Å². The molecule has 3 heterocycles. The first-order valence-corrected chi connectivity index (χ1v) is 13.9. The number of rotatable bonds is 7. The van der Waals surface area contributed by atoms with Gasteiger partial charge < -0.3 is 14.5 Å². The highest BCUT2D eigenvalue weighted by Gasteiger charge is 2.24. The van der Waals surface area contributed by atoms with Crippen LogP contribution in [0.1, 0.15) is 55.7 Å². The van der Waals surface area contributed by atoms with Gasteiger partial charge in [-0.2, -0.15) is 10.4 Å². The van der Waals surface area contributed by atoms with Gasteiger partial charge in [-0.15, -0.1) is 0 Å². The molecule has 2 aromatic heterocycles. The highest BCUT2D eigenvalue weighted by atomic mass is 16.5. The lowest BCUT2D eigenvalue weighted by Crippen LogP contribution is -2.33. The molecular formula is C32H36N6O2. The molecule has 40 heavy (non-hydrogen) atoms. The molecule has 2 aromatic carbocycles. The van der Waals surface area contributed by atoms with Crippen LogP contribution >= 0.6 is 0 Å². The van der Waals surface area contributed by atoms with Gasteiger partial charge in [-0.05, 0) is 73.2 Å². The van der Waals surface area contributed by atoms with E-state index in [1.807, 2.05) is 47.9 Å². The maximum atomic E-state index is 13.0. The minimum absolute atomic E-state index is 0.135. The van der Waals surface area contributed by atoms with Crippen LogP contribution in [0.15, 0.2) is 54.6 Å². The molecule has 1 aliphatic rings. The fraction of sp³-hybridized carbons (Fsp3) is 0.375. The van der Waals surface area contributed by atoms with Crippen molar-refractivity contribution in [3.05, 3.63) is 66.0 Å². The first-order valence-electron chi connectivity index (χ1n) is 13.9. The first kappa shape index (κ1) is 27.2. The Morgan fingerprint density at radius 1 is 1.10 bits per heavy atom. The summed E-state index contributed by atoms with van der Waals surface area (Å²) in [4.78, 5) is 22.2. The lowest BCUT2D eigenvalue weighted by molar-refractivity contribution is 0.0520. The minimum atomic E-state index is -0.455. The molecule has 206 valence electrons. The van der Waals surface area contributed by atoms with Gasteiger partial charge in [0.15, 0.2) is 11.3 Å². The number of esters is 1. The number of anilines is 2. The Balaban J connectivity index is 1.66. The Bertz CT molecular complexity index is 1560. The van der Waals surface area contributed by atoms with Gasteiger partial charge in [0.1, 0.15) is 0 Å². The maximum absolute atomic E-state index is 13.0. The van der Waals surface area contributed by atoms with Gasteiger partial charge in [0, 0.05) is 44.5 Å². The minimum Gasteiger partial charge on any atom is -0.461 e. The van der Waals surface area contributed by atoms with Crippen LogP contribution in [-0.2, 0) is 4.74 Å². The summed E-state index contributed by atoms with van der Waals surface area (Å²) in [5, 5.41) is 15.2. The standard InChI is InChI=1S/C32H36N6O2/c1-6-40-32(39)28-19-27(23-10-12-24(13-11-23)37-16-14-22(20-33)15-17-37)29-30(21(2)3)35-38(31(29)34-28)26-9-7-8-25(18-26)36(4)5/h7-13,18-19,21-22H,6,14-17H2,1-5H3. The van der Waals surface area contributed by atoms with Gasteiger partial charge in [0.05, 0.1) is 29.4 Å². The maximum Gasteiger partial charge on any atom is 0.357 e. The summed E-state index contributed by atoms with van der Waals surface area (Å²) in [5.41, 5.74) is 6.75. The number of nitrogens with zero attached hydrogens (tertiary/aromatic N) is 6. The Kier molecular flexibility index (Phi) is 7.74. The second-order valence-electron chi connectivity index (χ2n) is 10.8.